The van der Waals surface area contributed by atoms with Gasteiger partial charge < -0.3 is 5.32 Å². The summed E-state index contributed by atoms with van der Waals surface area (Å²) in [4.78, 5) is 3.88. The number of nitrogens with one attached hydrogen (secondary N) is 1. The molecule has 0 amide bonds. The summed E-state index contributed by atoms with van der Waals surface area (Å²) in [6.07, 6.45) is 5.31. The molecule has 2 heteroatoms. The van der Waals surface area contributed by atoms with E-state index in [1.54, 1.807) is 19.3 Å². The highest BCUT2D eigenvalue weighted by molar-refractivity contribution is 5.80. The van der Waals surface area contributed by atoms with Crippen molar-refractivity contribution in [3.63, 3.8) is 0 Å². The van der Waals surface area contributed by atoms with Gasteiger partial charge in [0.05, 0.1) is 5.84 Å². The van der Waals surface area contributed by atoms with Crippen molar-refractivity contribution in [3.8, 4) is 0 Å². The smallest absolute Gasteiger partial charge is 0.0967 e. The highest BCUT2D eigenvalue weighted by Gasteiger charge is 1.76. The molecule has 0 atom stereocenters. The van der Waals surface area contributed by atoms with Gasteiger partial charge in [0.15, 0.2) is 0 Å². The lowest BCUT2D eigenvalue weighted by atomic mass is 10.6. The molecule has 11 heavy (non-hydrogen) atoms. The standard InChI is InChI=1S/C7H12N2.C2H6/c1-4-5-6-9-7(2)8-3;1-2/h4-6H,1H2,2-3H3,(H,8,9);1-2H3/b6-5-;. The second kappa shape index (κ2) is 11.7. The maximum Gasteiger partial charge on any atom is 0.0967 e. The van der Waals surface area contributed by atoms with Crippen LogP contribution >= 0.6 is 0 Å². The minimum absolute atomic E-state index is 0.896. The molecular weight excluding hydrogens is 136 g/mol. The Bertz CT molecular complexity index is 134. The summed E-state index contributed by atoms with van der Waals surface area (Å²) in [5.74, 6) is 0.896. The van der Waals surface area contributed by atoms with Crippen molar-refractivity contribution in [1.29, 1.82) is 0 Å². The van der Waals surface area contributed by atoms with Crippen LogP contribution in [0.2, 0.25) is 0 Å². The minimum Gasteiger partial charge on any atom is -0.351 e. The number of rotatable bonds is 2. The van der Waals surface area contributed by atoms with Gasteiger partial charge in [-0.2, -0.15) is 0 Å². The van der Waals surface area contributed by atoms with E-state index in [1.807, 2.05) is 26.8 Å². The van der Waals surface area contributed by atoms with Crippen LogP contribution in [0.4, 0.5) is 0 Å². The number of nitrogens with zero attached hydrogens (tertiary/aromatic N) is 1. The molecular formula is C9H18N2. The highest BCUT2D eigenvalue weighted by Crippen LogP contribution is 1.70. The summed E-state index contributed by atoms with van der Waals surface area (Å²) in [6, 6.07) is 0. The third-order valence-corrected chi connectivity index (χ3v) is 0.860. The molecule has 1 N–H and O–H groups in total. The Labute approximate surface area is 69.7 Å². The molecule has 0 radical (unpaired) electrons. The van der Waals surface area contributed by atoms with E-state index in [1.165, 1.54) is 0 Å². The Morgan fingerprint density at radius 3 is 2.36 bits per heavy atom. The van der Waals surface area contributed by atoms with E-state index in [0.717, 1.165) is 5.84 Å². The molecule has 0 saturated heterocycles. The van der Waals surface area contributed by atoms with Gasteiger partial charge in [-0.15, -0.1) is 0 Å². The van der Waals surface area contributed by atoms with Gasteiger partial charge in [-0.25, -0.2) is 0 Å². The van der Waals surface area contributed by atoms with Crippen LogP contribution in [-0.4, -0.2) is 12.9 Å². The Morgan fingerprint density at radius 1 is 1.45 bits per heavy atom. The topological polar surface area (TPSA) is 24.4 Å². The second-order valence-electron chi connectivity index (χ2n) is 1.55. The van der Waals surface area contributed by atoms with E-state index in [4.69, 9.17) is 0 Å². The van der Waals surface area contributed by atoms with Crippen molar-refractivity contribution in [1.82, 2.24) is 5.32 Å². The fourth-order valence-corrected chi connectivity index (χ4v) is 0.301. The average Bonchev–Trinajstić information content (AvgIpc) is 2.08. The van der Waals surface area contributed by atoms with E-state index in [9.17, 15) is 0 Å². The molecule has 0 spiro atoms. The Hall–Kier alpha value is -1.05. The number of hydrogen-bond donors (Lipinski definition) is 1. The summed E-state index contributed by atoms with van der Waals surface area (Å²) in [5.41, 5.74) is 0. The molecule has 0 rings (SSSR count). The number of aliphatic imine (C=N–C) groups is 1. The van der Waals surface area contributed by atoms with Gasteiger partial charge in [-0.05, 0) is 13.0 Å². The molecule has 0 aliphatic heterocycles. The summed E-state index contributed by atoms with van der Waals surface area (Å²) < 4.78 is 0. The van der Waals surface area contributed by atoms with Crippen LogP contribution < -0.4 is 5.32 Å². The molecule has 2 nitrogen and oxygen atoms in total. The molecule has 0 aromatic carbocycles. The van der Waals surface area contributed by atoms with Crippen molar-refractivity contribution in [2.24, 2.45) is 4.99 Å². The van der Waals surface area contributed by atoms with Gasteiger partial charge in [0.25, 0.3) is 0 Å². The fourth-order valence-electron chi connectivity index (χ4n) is 0.301. The van der Waals surface area contributed by atoms with E-state index in [0.29, 0.717) is 0 Å². The third-order valence-electron chi connectivity index (χ3n) is 0.860. The molecule has 0 bridgehead atoms. The molecule has 0 saturated carbocycles. The molecule has 0 fully saturated rings. The first-order valence-corrected chi connectivity index (χ1v) is 3.78. The predicted molar refractivity (Wildman–Crippen MR) is 52.9 cm³/mol. The van der Waals surface area contributed by atoms with Gasteiger partial charge in [-0.3, -0.25) is 4.99 Å². The zero-order chi connectivity index (χ0) is 9.11. The third kappa shape index (κ3) is 12.2. The summed E-state index contributed by atoms with van der Waals surface area (Å²) >= 11 is 0. The van der Waals surface area contributed by atoms with E-state index in [2.05, 4.69) is 16.9 Å². The fraction of sp³-hybridized carbons (Fsp3) is 0.444. The first-order chi connectivity index (χ1) is 5.31. The van der Waals surface area contributed by atoms with Crippen molar-refractivity contribution >= 4 is 5.84 Å². The second-order valence-corrected chi connectivity index (χ2v) is 1.55. The molecule has 0 aliphatic carbocycles. The Balaban J connectivity index is 0. The predicted octanol–water partition coefficient (Wildman–Crippen LogP) is 2.35. The van der Waals surface area contributed by atoms with Crippen molar-refractivity contribution in [3.05, 3.63) is 24.9 Å². The number of allylic oxidation sites excluding steroid dienone is 2. The normalized spacial score (nSPS) is 10.4. The number of hydrogen-bond acceptors (Lipinski definition) is 1. The largest absolute Gasteiger partial charge is 0.351 e. The Morgan fingerprint density at radius 2 is 2.00 bits per heavy atom. The monoisotopic (exact) mass is 154 g/mol. The maximum atomic E-state index is 3.88. The molecule has 0 unspecified atom stereocenters. The van der Waals surface area contributed by atoms with Crippen LogP contribution in [0.15, 0.2) is 29.9 Å². The average molecular weight is 154 g/mol. The summed E-state index contributed by atoms with van der Waals surface area (Å²) in [5, 5.41) is 2.93. The van der Waals surface area contributed by atoms with Crippen molar-refractivity contribution in [2.45, 2.75) is 20.8 Å². The van der Waals surface area contributed by atoms with E-state index < -0.39 is 0 Å². The SMILES string of the molecule is C=C/C=C\NC(C)=NC.CC. The van der Waals surface area contributed by atoms with Gasteiger partial charge in [0, 0.05) is 13.2 Å². The van der Waals surface area contributed by atoms with Gasteiger partial charge in [0.1, 0.15) is 0 Å². The minimum atomic E-state index is 0.896. The lowest BCUT2D eigenvalue weighted by molar-refractivity contribution is 1.21. The number of amidine groups is 1. The highest BCUT2D eigenvalue weighted by atomic mass is 14.9. The zero-order valence-corrected chi connectivity index (χ0v) is 7.89. The van der Waals surface area contributed by atoms with Crippen LogP contribution in [0.5, 0.6) is 0 Å². The first-order valence-electron chi connectivity index (χ1n) is 3.78. The van der Waals surface area contributed by atoms with Gasteiger partial charge in [0.2, 0.25) is 0 Å². The van der Waals surface area contributed by atoms with Crippen LogP contribution in [0.25, 0.3) is 0 Å². The van der Waals surface area contributed by atoms with Crippen molar-refractivity contribution in [2.75, 3.05) is 7.05 Å². The molecule has 0 aromatic heterocycles. The van der Waals surface area contributed by atoms with Crippen LogP contribution in [0.1, 0.15) is 20.8 Å². The summed E-state index contributed by atoms with van der Waals surface area (Å²) in [7, 11) is 1.74. The lowest BCUT2D eigenvalue weighted by Crippen LogP contribution is -2.11. The zero-order valence-electron chi connectivity index (χ0n) is 7.89. The Kier molecular flexibility index (Phi) is 13.4. The van der Waals surface area contributed by atoms with Crippen LogP contribution in [-0.2, 0) is 0 Å². The van der Waals surface area contributed by atoms with E-state index >= 15 is 0 Å². The van der Waals surface area contributed by atoms with Crippen LogP contribution in [0, 0.1) is 0 Å². The van der Waals surface area contributed by atoms with Gasteiger partial charge >= 0.3 is 0 Å². The van der Waals surface area contributed by atoms with Crippen molar-refractivity contribution < 1.29 is 0 Å². The molecule has 0 aliphatic rings. The maximum absolute atomic E-state index is 3.88. The quantitative estimate of drug-likeness (QED) is 0.368. The first kappa shape index (κ1) is 12.6. The van der Waals surface area contributed by atoms with E-state index in [-0.39, 0.29) is 0 Å². The molecule has 64 valence electrons. The lowest BCUT2D eigenvalue weighted by Gasteiger charge is -1.93. The van der Waals surface area contributed by atoms with Crippen LogP contribution in [0.3, 0.4) is 0 Å². The molecule has 0 aromatic rings. The van der Waals surface area contributed by atoms with Gasteiger partial charge in [-0.1, -0.05) is 26.5 Å². The molecule has 0 heterocycles. The summed E-state index contributed by atoms with van der Waals surface area (Å²) in [6.45, 7) is 9.41.